The molecule has 2 heterocycles. The highest BCUT2D eigenvalue weighted by atomic mass is 32.2. The molecule has 0 spiro atoms. The first-order chi connectivity index (χ1) is 9.29. The molecule has 1 aliphatic rings. The van der Waals surface area contributed by atoms with Crippen molar-refractivity contribution in [2.45, 2.75) is 12.1 Å². The van der Waals surface area contributed by atoms with Gasteiger partial charge in [0, 0.05) is 29.5 Å². The molecule has 1 fully saturated rings. The molecule has 2 atom stereocenters. The van der Waals surface area contributed by atoms with Crippen LogP contribution in [0.2, 0.25) is 0 Å². The molecule has 2 aromatic rings. The van der Waals surface area contributed by atoms with E-state index in [9.17, 15) is 0 Å². The van der Waals surface area contributed by atoms with Crippen LogP contribution in [0.15, 0.2) is 34.7 Å². The molecule has 1 aromatic heterocycles. The molecule has 0 aliphatic carbocycles. The van der Waals surface area contributed by atoms with Gasteiger partial charge in [0.05, 0.1) is 6.04 Å². The number of likely N-dealkylation sites (N-methyl/N-ethyl adjacent to an activating group) is 1. The number of nitrogens with two attached hydrogens (primary N) is 1. The minimum atomic E-state index is 0.0326. The predicted molar refractivity (Wildman–Crippen MR) is 80.0 cm³/mol. The second-order valence-electron chi connectivity index (χ2n) is 4.95. The summed E-state index contributed by atoms with van der Waals surface area (Å²) in [6.07, 6.45) is 0. The molecular weight excluding hydrogens is 258 g/mol. The van der Waals surface area contributed by atoms with Crippen LogP contribution in [-0.2, 0) is 0 Å². The molecule has 19 heavy (non-hydrogen) atoms. The summed E-state index contributed by atoms with van der Waals surface area (Å²) >= 11 is 1.97. The lowest BCUT2D eigenvalue weighted by atomic mass is 10.1. The molecule has 5 heteroatoms. The van der Waals surface area contributed by atoms with Crippen LogP contribution in [0.5, 0.6) is 0 Å². The van der Waals surface area contributed by atoms with Gasteiger partial charge in [-0.1, -0.05) is 18.2 Å². The molecule has 102 valence electrons. The normalized spacial score (nSPS) is 22.7. The van der Waals surface area contributed by atoms with E-state index in [1.54, 1.807) is 0 Å². The van der Waals surface area contributed by atoms with Crippen molar-refractivity contribution in [3.63, 3.8) is 0 Å². The number of nitrogens with one attached hydrogen (secondary N) is 1. The van der Waals surface area contributed by atoms with Crippen LogP contribution < -0.4 is 11.3 Å². The van der Waals surface area contributed by atoms with Crippen molar-refractivity contribution in [1.82, 2.24) is 10.3 Å². The summed E-state index contributed by atoms with van der Waals surface area (Å²) in [6.45, 7) is 1.09. The maximum absolute atomic E-state index is 5.94. The third kappa shape index (κ3) is 2.51. The maximum atomic E-state index is 5.94. The predicted octanol–water partition coefficient (Wildman–Crippen LogP) is 1.98. The van der Waals surface area contributed by atoms with Gasteiger partial charge >= 0.3 is 0 Å². The molecule has 1 aliphatic heterocycles. The molecule has 0 bridgehead atoms. The summed E-state index contributed by atoms with van der Waals surface area (Å²) in [6, 6.07) is 10.6. The van der Waals surface area contributed by atoms with E-state index in [-0.39, 0.29) is 6.04 Å². The fourth-order valence-electron chi connectivity index (χ4n) is 2.59. The molecule has 1 aromatic carbocycles. The largest absolute Gasteiger partial charge is 0.459 e. The summed E-state index contributed by atoms with van der Waals surface area (Å²) in [5.41, 5.74) is 3.85. The quantitative estimate of drug-likeness (QED) is 0.664. The standard InChI is InChI=1S/C14H19N3OS/c1-17-6-7-19-9-11(17)14(16-15)13-8-10-4-2-3-5-12(10)18-13/h2-5,8,11,14,16H,6-7,9,15H2,1H3. The molecule has 0 saturated carbocycles. The zero-order valence-electron chi connectivity index (χ0n) is 11.0. The summed E-state index contributed by atoms with van der Waals surface area (Å²) in [5, 5.41) is 1.13. The first-order valence-electron chi connectivity index (χ1n) is 6.52. The highest BCUT2D eigenvalue weighted by Crippen LogP contribution is 2.30. The monoisotopic (exact) mass is 277 g/mol. The van der Waals surface area contributed by atoms with Crippen LogP contribution in [-0.4, -0.2) is 36.0 Å². The van der Waals surface area contributed by atoms with Crippen LogP contribution in [0.25, 0.3) is 11.0 Å². The van der Waals surface area contributed by atoms with Gasteiger partial charge in [-0.05, 0) is 19.2 Å². The van der Waals surface area contributed by atoms with Crippen LogP contribution in [0.1, 0.15) is 11.8 Å². The Balaban J connectivity index is 1.92. The molecular formula is C14H19N3OS. The lowest BCUT2D eigenvalue weighted by Gasteiger charge is -2.36. The highest BCUT2D eigenvalue weighted by Gasteiger charge is 2.30. The number of hydrogen-bond donors (Lipinski definition) is 2. The van der Waals surface area contributed by atoms with Gasteiger partial charge in [0.25, 0.3) is 0 Å². The SMILES string of the molecule is CN1CCSCC1C(NN)c1cc2ccccc2o1. The van der Waals surface area contributed by atoms with Crippen molar-refractivity contribution in [3.8, 4) is 0 Å². The van der Waals surface area contributed by atoms with E-state index in [0.29, 0.717) is 6.04 Å². The number of para-hydroxylation sites is 1. The second kappa shape index (κ2) is 5.54. The Kier molecular flexibility index (Phi) is 3.79. The Morgan fingerprint density at radius 1 is 1.47 bits per heavy atom. The number of hydrazine groups is 1. The third-order valence-corrected chi connectivity index (χ3v) is 4.81. The molecule has 2 unspecified atom stereocenters. The Morgan fingerprint density at radius 3 is 3.05 bits per heavy atom. The average molecular weight is 277 g/mol. The first kappa shape index (κ1) is 13.0. The van der Waals surface area contributed by atoms with Crippen molar-refractivity contribution in [1.29, 1.82) is 0 Å². The fraction of sp³-hybridized carbons (Fsp3) is 0.429. The van der Waals surface area contributed by atoms with E-state index in [1.807, 2.05) is 30.0 Å². The lowest BCUT2D eigenvalue weighted by molar-refractivity contribution is 0.202. The van der Waals surface area contributed by atoms with E-state index in [2.05, 4.69) is 29.5 Å². The maximum Gasteiger partial charge on any atom is 0.134 e. The lowest BCUT2D eigenvalue weighted by Crippen LogP contribution is -2.49. The molecule has 3 N–H and O–H groups in total. The number of rotatable bonds is 3. The van der Waals surface area contributed by atoms with E-state index >= 15 is 0 Å². The Labute approximate surface area is 117 Å². The second-order valence-corrected chi connectivity index (χ2v) is 6.10. The molecule has 0 radical (unpaired) electrons. The summed E-state index contributed by atoms with van der Waals surface area (Å²) < 4.78 is 5.94. The minimum Gasteiger partial charge on any atom is -0.459 e. The molecule has 4 nitrogen and oxygen atoms in total. The summed E-state index contributed by atoms with van der Waals surface area (Å²) in [4.78, 5) is 2.36. The van der Waals surface area contributed by atoms with E-state index < -0.39 is 0 Å². The molecule has 1 saturated heterocycles. The van der Waals surface area contributed by atoms with Gasteiger partial charge in [-0.3, -0.25) is 10.7 Å². The van der Waals surface area contributed by atoms with Crippen LogP contribution in [0.4, 0.5) is 0 Å². The third-order valence-electron chi connectivity index (χ3n) is 3.76. The van der Waals surface area contributed by atoms with Crippen molar-refractivity contribution >= 4 is 22.7 Å². The van der Waals surface area contributed by atoms with Gasteiger partial charge in [0.1, 0.15) is 11.3 Å². The van der Waals surface area contributed by atoms with Crippen molar-refractivity contribution in [2.24, 2.45) is 5.84 Å². The Hall–Kier alpha value is -1.01. The van der Waals surface area contributed by atoms with Gasteiger partial charge in [0.2, 0.25) is 0 Å². The van der Waals surface area contributed by atoms with Crippen molar-refractivity contribution in [2.75, 3.05) is 25.1 Å². The Morgan fingerprint density at radius 2 is 2.32 bits per heavy atom. The zero-order valence-corrected chi connectivity index (χ0v) is 11.8. The summed E-state index contributed by atoms with van der Waals surface area (Å²) in [7, 11) is 2.15. The first-order valence-corrected chi connectivity index (χ1v) is 7.67. The van der Waals surface area contributed by atoms with Crippen molar-refractivity contribution < 1.29 is 4.42 Å². The van der Waals surface area contributed by atoms with E-state index in [0.717, 1.165) is 29.0 Å². The van der Waals surface area contributed by atoms with E-state index in [1.165, 1.54) is 5.75 Å². The van der Waals surface area contributed by atoms with E-state index in [4.69, 9.17) is 10.3 Å². The molecule has 0 amide bonds. The van der Waals surface area contributed by atoms with Crippen LogP contribution >= 0.6 is 11.8 Å². The number of furan rings is 1. The highest BCUT2D eigenvalue weighted by molar-refractivity contribution is 7.99. The van der Waals surface area contributed by atoms with Gasteiger partial charge in [-0.2, -0.15) is 11.8 Å². The number of thioether (sulfide) groups is 1. The van der Waals surface area contributed by atoms with Gasteiger partial charge in [-0.15, -0.1) is 0 Å². The number of benzene rings is 1. The topological polar surface area (TPSA) is 54.4 Å². The number of hydrogen-bond acceptors (Lipinski definition) is 5. The van der Waals surface area contributed by atoms with Gasteiger partial charge in [-0.25, -0.2) is 5.43 Å². The summed E-state index contributed by atoms with van der Waals surface area (Å²) in [5.74, 6) is 8.95. The molecule has 3 rings (SSSR count). The zero-order chi connectivity index (χ0) is 13.2. The van der Waals surface area contributed by atoms with Crippen LogP contribution in [0, 0.1) is 0 Å². The van der Waals surface area contributed by atoms with Gasteiger partial charge < -0.3 is 4.42 Å². The smallest absolute Gasteiger partial charge is 0.134 e. The van der Waals surface area contributed by atoms with Crippen molar-refractivity contribution in [3.05, 3.63) is 36.1 Å². The van der Waals surface area contributed by atoms with Crippen LogP contribution in [0.3, 0.4) is 0 Å². The number of nitrogens with zero attached hydrogens (tertiary/aromatic N) is 1. The fourth-order valence-corrected chi connectivity index (χ4v) is 3.87. The average Bonchev–Trinajstić information content (AvgIpc) is 2.85. The number of fused-ring (bicyclic) bond motifs is 1. The van der Waals surface area contributed by atoms with Gasteiger partial charge in [0.15, 0.2) is 0 Å². The minimum absolute atomic E-state index is 0.0326. The Bertz CT molecular complexity index is 523.